The smallest absolute Gasteiger partial charge is 0.214 e. The van der Waals surface area contributed by atoms with Gasteiger partial charge in [0.15, 0.2) is 0 Å². The van der Waals surface area contributed by atoms with Crippen molar-refractivity contribution in [2.24, 2.45) is 0 Å². The molecule has 0 aromatic rings. The standard InChI is InChI=1S/C10H20ClNO3S/c11-6-8-15-9-7-12-16(13,14)10-4-2-1-3-5-10/h10,12H,1-9H2. The van der Waals surface area contributed by atoms with Crippen molar-refractivity contribution in [1.29, 1.82) is 0 Å². The molecule has 0 saturated heterocycles. The molecule has 1 aliphatic rings. The Morgan fingerprint density at radius 1 is 1.19 bits per heavy atom. The molecule has 0 unspecified atom stereocenters. The topological polar surface area (TPSA) is 55.4 Å². The maximum absolute atomic E-state index is 11.8. The predicted molar refractivity (Wildman–Crippen MR) is 65.3 cm³/mol. The van der Waals surface area contributed by atoms with Gasteiger partial charge in [0.2, 0.25) is 10.0 Å². The molecule has 0 radical (unpaired) electrons. The summed E-state index contributed by atoms with van der Waals surface area (Å²) in [7, 11) is -3.13. The fraction of sp³-hybridized carbons (Fsp3) is 1.00. The van der Waals surface area contributed by atoms with E-state index in [-0.39, 0.29) is 5.25 Å². The first-order chi connectivity index (χ1) is 7.67. The average Bonchev–Trinajstić information content (AvgIpc) is 2.30. The highest BCUT2D eigenvalue weighted by Gasteiger charge is 2.26. The molecule has 1 aliphatic carbocycles. The third kappa shape index (κ3) is 4.99. The Bertz CT molecular complexity index is 276. The van der Waals surface area contributed by atoms with E-state index in [1.807, 2.05) is 0 Å². The van der Waals surface area contributed by atoms with Gasteiger partial charge in [-0.05, 0) is 12.8 Å². The molecule has 0 bridgehead atoms. The highest BCUT2D eigenvalue weighted by molar-refractivity contribution is 7.90. The van der Waals surface area contributed by atoms with E-state index in [0.29, 0.717) is 25.6 Å². The second-order valence-corrected chi connectivity index (χ2v) is 6.42. The molecule has 16 heavy (non-hydrogen) atoms. The highest BCUT2D eigenvalue weighted by Crippen LogP contribution is 2.22. The van der Waals surface area contributed by atoms with Gasteiger partial charge in [-0.2, -0.15) is 0 Å². The number of halogens is 1. The Balaban J connectivity index is 2.22. The van der Waals surface area contributed by atoms with Crippen LogP contribution >= 0.6 is 11.6 Å². The second kappa shape index (κ2) is 7.48. The molecule has 1 rings (SSSR count). The number of ether oxygens (including phenoxy) is 1. The van der Waals surface area contributed by atoms with Crippen LogP contribution in [0, 0.1) is 0 Å². The molecule has 0 atom stereocenters. The monoisotopic (exact) mass is 269 g/mol. The van der Waals surface area contributed by atoms with E-state index in [4.69, 9.17) is 16.3 Å². The first-order valence-electron chi connectivity index (χ1n) is 5.79. The molecule has 0 aromatic carbocycles. The Labute approximate surface area is 103 Å². The zero-order valence-electron chi connectivity index (χ0n) is 9.45. The van der Waals surface area contributed by atoms with Gasteiger partial charge in [-0.3, -0.25) is 0 Å². The number of hydrogen-bond donors (Lipinski definition) is 1. The fourth-order valence-corrected chi connectivity index (χ4v) is 3.57. The van der Waals surface area contributed by atoms with Crippen molar-refractivity contribution in [2.45, 2.75) is 37.4 Å². The summed E-state index contributed by atoms with van der Waals surface area (Å²) in [4.78, 5) is 0. The Morgan fingerprint density at radius 3 is 2.50 bits per heavy atom. The van der Waals surface area contributed by atoms with E-state index in [1.165, 1.54) is 0 Å². The van der Waals surface area contributed by atoms with Crippen LogP contribution in [-0.4, -0.2) is 39.3 Å². The van der Waals surface area contributed by atoms with Crippen molar-refractivity contribution < 1.29 is 13.2 Å². The van der Waals surface area contributed by atoms with Gasteiger partial charge in [0.05, 0.1) is 18.5 Å². The predicted octanol–water partition coefficient (Wildman–Crippen LogP) is 1.49. The molecule has 0 aromatic heterocycles. The van der Waals surface area contributed by atoms with E-state index in [2.05, 4.69) is 4.72 Å². The largest absolute Gasteiger partial charge is 0.379 e. The summed E-state index contributed by atoms with van der Waals surface area (Å²) in [6, 6.07) is 0. The second-order valence-electron chi connectivity index (χ2n) is 4.00. The van der Waals surface area contributed by atoms with Crippen molar-refractivity contribution in [1.82, 2.24) is 4.72 Å². The minimum Gasteiger partial charge on any atom is -0.379 e. The van der Waals surface area contributed by atoms with Gasteiger partial charge in [0.1, 0.15) is 0 Å². The number of nitrogens with one attached hydrogen (secondary N) is 1. The van der Waals surface area contributed by atoms with Crippen molar-refractivity contribution in [3.8, 4) is 0 Å². The summed E-state index contributed by atoms with van der Waals surface area (Å²) in [6.45, 7) is 1.20. The minimum absolute atomic E-state index is 0.200. The molecule has 1 saturated carbocycles. The Morgan fingerprint density at radius 2 is 1.88 bits per heavy atom. The summed E-state index contributed by atoms with van der Waals surface area (Å²) in [5, 5.41) is -0.200. The lowest BCUT2D eigenvalue weighted by Gasteiger charge is -2.21. The van der Waals surface area contributed by atoms with E-state index >= 15 is 0 Å². The van der Waals surface area contributed by atoms with Crippen LogP contribution in [0.5, 0.6) is 0 Å². The molecule has 0 spiro atoms. The summed E-state index contributed by atoms with van der Waals surface area (Å²) in [6.07, 6.45) is 4.78. The van der Waals surface area contributed by atoms with Crippen molar-refractivity contribution in [3.63, 3.8) is 0 Å². The third-order valence-electron chi connectivity index (χ3n) is 2.76. The fourth-order valence-electron chi connectivity index (χ4n) is 1.91. The van der Waals surface area contributed by atoms with Crippen LogP contribution in [-0.2, 0) is 14.8 Å². The van der Waals surface area contributed by atoms with E-state index in [1.54, 1.807) is 0 Å². The molecule has 4 nitrogen and oxygen atoms in total. The SMILES string of the molecule is O=S(=O)(NCCOCCCl)C1CCCCC1. The van der Waals surface area contributed by atoms with Crippen LogP contribution in [0.2, 0.25) is 0 Å². The molecule has 0 aliphatic heterocycles. The summed E-state index contributed by atoms with van der Waals surface area (Å²) >= 11 is 5.43. The maximum atomic E-state index is 11.8. The van der Waals surface area contributed by atoms with Gasteiger partial charge in [-0.15, -0.1) is 11.6 Å². The van der Waals surface area contributed by atoms with Crippen molar-refractivity contribution >= 4 is 21.6 Å². The quantitative estimate of drug-likeness (QED) is 0.563. The normalized spacial score (nSPS) is 18.8. The third-order valence-corrected chi connectivity index (χ3v) is 4.87. The summed E-state index contributed by atoms with van der Waals surface area (Å²) in [5.74, 6) is 0.440. The molecule has 1 N–H and O–H groups in total. The molecule has 6 heteroatoms. The van der Waals surface area contributed by atoms with Crippen LogP contribution in [0.3, 0.4) is 0 Å². The lowest BCUT2D eigenvalue weighted by atomic mass is 10.0. The number of sulfonamides is 1. The molecule has 0 amide bonds. The zero-order valence-corrected chi connectivity index (χ0v) is 11.0. The molecular formula is C10H20ClNO3S. The van der Waals surface area contributed by atoms with Crippen LogP contribution in [0.15, 0.2) is 0 Å². The lowest BCUT2D eigenvalue weighted by Crippen LogP contribution is -2.37. The van der Waals surface area contributed by atoms with Crippen molar-refractivity contribution in [2.75, 3.05) is 25.6 Å². The molecule has 96 valence electrons. The zero-order chi connectivity index (χ0) is 11.9. The maximum Gasteiger partial charge on any atom is 0.214 e. The van der Waals surface area contributed by atoms with E-state index in [0.717, 1.165) is 32.1 Å². The lowest BCUT2D eigenvalue weighted by molar-refractivity contribution is 0.154. The van der Waals surface area contributed by atoms with Crippen LogP contribution in [0.25, 0.3) is 0 Å². The Kier molecular flexibility index (Phi) is 6.65. The number of alkyl halides is 1. The van der Waals surface area contributed by atoms with Gasteiger partial charge in [-0.1, -0.05) is 19.3 Å². The number of rotatable bonds is 7. The first kappa shape index (κ1) is 14.2. The van der Waals surface area contributed by atoms with Crippen LogP contribution < -0.4 is 4.72 Å². The van der Waals surface area contributed by atoms with Gasteiger partial charge in [0, 0.05) is 12.4 Å². The van der Waals surface area contributed by atoms with Crippen LogP contribution in [0.1, 0.15) is 32.1 Å². The van der Waals surface area contributed by atoms with E-state index < -0.39 is 10.0 Å². The number of hydrogen-bond acceptors (Lipinski definition) is 3. The van der Waals surface area contributed by atoms with Crippen LogP contribution in [0.4, 0.5) is 0 Å². The van der Waals surface area contributed by atoms with Gasteiger partial charge >= 0.3 is 0 Å². The van der Waals surface area contributed by atoms with Crippen molar-refractivity contribution in [3.05, 3.63) is 0 Å². The first-order valence-corrected chi connectivity index (χ1v) is 7.87. The Hall–Kier alpha value is 0.160. The van der Waals surface area contributed by atoms with Gasteiger partial charge in [-0.25, -0.2) is 13.1 Å². The van der Waals surface area contributed by atoms with Gasteiger partial charge < -0.3 is 4.74 Å². The van der Waals surface area contributed by atoms with Gasteiger partial charge in [0.25, 0.3) is 0 Å². The molecular weight excluding hydrogens is 250 g/mol. The minimum atomic E-state index is -3.13. The summed E-state index contributed by atoms with van der Waals surface area (Å²) in [5.41, 5.74) is 0. The average molecular weight is 270 g/mol. The summed E-state index contributed by atoms with van der Waals surface area (Å²) < 4.78 is 31.3. The van der Waals surface area contributed by atoms with E-state index in [9.17, 15) is 8.42 Å². The highest BCUT2D eigenvalue weighted by atomic mass is 35.5. The molecule has 0 heterocycles. The molecule has 1 fully saturated rings.